The first-order valence-electron chi connectivity index (χ1n) is 8.79. The number of hydrogen-bond donors (Lipinski definition) is 1. The first-order chi connectivity index (χ1) is 10.3. The number of halogens is 1. The van der Waals surface area contributed by atoms with Crippen LogP contribution in [0, 0.1) is 0 Å². The molecule has 0 heterocycles. The maximum atomic E-state index is 3.73. The zero-order valence-electron chi connectivity index (χ0n) is 13.4. The maximum absolute atomic E-state index is 3.73. The van der Waals surface area contributed by atoms with Gasteiger partial charge in [0.05, 0.1) is 0 Å². The maximum Gasteiger partial charge on any atom is 0.0210 e. The van der Waals surface area contributed by atoms with Gasteiger partial charge in [0.2, 0.25) is 0 Å². The van der Waals surface area contributed by atoms with E-state index < -0.39 is 0 Å². The Morgan fingerprint density at radius 3 is 2.52 bits per heavy atom. The molecule has 1 aromatic carbocycles. The number of rotatable bonds is 11. The Balaban J connectivity index is 1.79. The van der Waals surface area contributed by atoms with Gasteiger partial charge in [-0.15, -0.1) is 0 Å². The molecule has 118 valence electrons. The summed E-state index contributed by atoms with van der Waals surface area (Å²) in [5, 5.41) is 3.72. The van der Waals surface area contributed by atoms with Crippen LogP contribution in [0.1, 0.15) is 76.2 Å². The average Bonchev–Trinajstić information content (AvgIpc) is 3.31. The Morgan fingerprint density at radius 1 is 1.10 bits per heavy atom. The number of nitrogens with one attached hydrogen (secondary N) is 1. The summed E-state index contributed by atoms with van der Waals surface area (Å²) in [5.41, 5.74) is 1.49. The van der Waals surface area contributed by atoms with E-state index in [9.17, 15) is 0 Å². The van der Waals surface area contributed by atoms with Crippen molar-refractivity contribution in [3.8, 4) is 0 Å². The lowest BCUT2D eigenvalue weighted by atomic mass is 9.92. The first-order valence-corrected chi connectivity index (χ1v) is 9.58. The van der Waals surface area contributed by atoms with Gasteiger partial charge in [-0.3, -0.25) is 0 Å². The van der Waals surface area contributed by atoms with Gasteiger partial charge in [0.15, 0.2) is 0 Å². The summed E-state index contributed by atoms with van der Waals surface area (Å²) >= 11 is 3.73. The van der Waals surface area contributed by atoms with Gasteiger partial charge in [-0.25, -0.2) is 0 Å². The zero-order valence-corrected chi connectivity index (χ0v) is 15.0. The van der Waals surface area contributed by atoms with E-state index in [1.165, 1.54) is 67.8 Å². The Hall–Kier alpha value is -0.340. The molecule has 0 spiro atoms. The predicted octanol–water partition coefficient (Wildman–Crippen LogP) is 6.04. The second-order valence-corrected chi connectivity index (χ2v) is 7.31. The molecule has 1 aliphatic carbocycles. The van der Waals surface area contributed by atoms with Crippen LogP contribution in [0.25, 0.3) is 0 Å². The lowest BCUT2D eigenvalue weighted by Gasteiger charge is -2.19. The van der Waals surface area contributed by atoms with Crippen molar-refractivity contribution in [1.29, 1.82) is 0 Å². The Labute approximate surface area is 139 Å². The monoisotopic (exact) mass is 351 g/mol. The Kier molecular flexibility index (Phi) is 7.81. The van der Waals surface area contributed by atoms with Crippen LogP contribution in [0.4, 0.5) is 0 Å². The second-order valence-electron chi connectivity index (χ2n) is 6.46. The molecule has 1 aromatic rings. The summed E-state index contributed by atoms with van der Waals surface area (Å²) in [6, 6.07) is 9.57. The molecule has 1 N–H and O–H groups in total. The lowest BCUT2D eigenvalue weighted by Crippen LogP contribution is -2.23. The van der Waals surface area contributed by atoms with Gasteiger partial charge < -0.3 is 5.32 Å². The average molecular weight is 352 g/mol. The van der Waals surface area contributed by atoms with Crippen LogP contribution in [-0.4, -0.2) is 12.6 Å². The third-order valence-electron chi connectivity index (χ3n) is 4.48. The summed E-state index contributed by atoms with van der Waals surface area (Å²) < 4.78 is 1.28. The first kappa shape index (κ1) is 17.0. The molecule has 0 aromatic heterocycles. The van der Waals surface area contributed by atoms with Gasteiger partial charge in [-0.1, -0.05) is 79.6 Å². The van der Waals surface area contributed by atoms with Gasteiger partial charge in [0.1, 0.15) is 0 Å². The molecule has 2 rings (SSSR count). The minimum atomic E-state index is 0.660. The van der Waals surface area contributed by atoms with Gasteiger partial charge >= 0.3 is 0 Å². The van der Waals surface area contributed by atoms with Gasteiger partial charge in [0, 0.05) is 17.1 Å². The van der Waals surface area contributed by atoms with Crippen molar-refractivity contribution >= 4 is 15.9 Å². The van der Waals surface area contributed by atoms with E-state index in [4.69, 9.17) is 0 Å². The minimum absolute atomic E-state index is 0.660. The lowest BCUT2D eigenvalue weighted by molar-refractivity contribution is 0.504. The van der Waals surface area contributed by atoms with Crippen molar-refractivity contribution in [2.45, 2.75) is 76.7 Å². The molecule has 1 atom stereocenters. The predicted molar refractivity (Wildman–Crippen MR) is 95.9 cm³/mol. The second kappa shape index (κ2) is 9.63. The highest BCUT2D eigenvalue weighted by atomic mass is 79.9. The van der Waals surface area contributed by atoms with E-state index in [0.29, 0.717) is 5.92 Å². The summed E-state index contributed by atoms with van der Waals surface area (Å²) in [7, 11) is 0. The Bertz CT molecular complexity index is 400. The molecule has 0 radical (unpaired) electrons. The summed E-state index contributed by atoms with van der Waals surface area (Å²) in [6.45, 7) is 3.43. The number of unbranched alkanes of at least 4 members (excludes halogenated alkanes) is 5. The fourth-order valence-corrected chi connectivity index (χ4v) is 3.55. The highest BCUT2D eigenvalue weighted by Gasteiger charge is 2.22. The van der Waals surface area contributed by atoms with Crippen LogP contribution >= 0.6 is 15.9 Å². The molecule has 0 saturated heterocycles. The smallest absolute Gasteiger partial charge is 0.0210 e. The quantitative estimate of drug-likeness (QED) is 0.479. The molecule has 0 aliphatic heterocycles. The van der Waals surface area contributed by atoms with E-state index in [2.05, 4.69) is 52.4 Å². The molecule has 1 fully saturated rings. The molecule has 2 heteroatoms. The van der Waals surface area contributed by atoms with Crippen LogP contribution in [0.3, 0.4) is 0 Å². The van der Waals surface area contributed by atoms with Crippen LogP contribution in [0.15, 0.2) is 28.7 Å². The summed E-state index contributed by atoms with van der Waals surface area (Å²) in [4.78, 5) is 0. The van der Waals surface area contributed by atoms with Crippen LogP contribution in [-0.2, 0) is 0 Å². The molecule has 1 nitrogen and oxygen atoms in total. The molecular weight excluding hydrogens is 322 g/mol. The summed E-state index contributed by atoms with van der Waals surface area (Å²) in [6.07, 6.45) is 12.4. The molecule has 21 heavy (non-hydrogen) atoms. The molecular formula is C19H30BrN. The SMILES string of the molecule is CCCCCCCCC(CNC1CC1)c1ccccc1Br. The number of benzene rings is 1. The van der Waals surface area contributed by atoms with Gasteiger partial charge in [0.25, 0.3) is 0 Å². The van der Waals surface area contributed by atoms with E-state index >= 15 is 0 Å². The van der Waals surface area contributed by atoms with Crippen LogP contribution in [0.2, 0.25) is 0 Å². The normalized spacial score (nSPS) is 16.1. The van der Waals surface area contributed by atoms with E-state index in [0.717, 1.165) is 12.6 Å². The van der Waals surface area contributed by atoms with Crippen molar-refractivity contribution in [3.63, 3.8) is 0 Å². The van der Waals surface area contributed by atoms with Gasteiger partial charge in [-0.2, -0.15) is 0 Å². The topological polar surface area (TPSA) is 12.0 Å². The highest BCUT2D eigenvalue weighted by molar-refractivity contribution is 9.10. The molecule has 0 amide bonds. The molecule has 1 aliphatic rings. The van der Waals surface area contributed by atoms with Crippen LogP contribution < -0.4 is 5.32 Å². The van der Waals surface area contributed by atoms with Crippen molar-refractivity contribution < 1.29 is 0 Å². The third-order valence-corrected chi connectivity index (χ3v) is 5.20. The zero-order chi connectivity index (χ0) is 14.9. The standard InChI is InChI=1S/C19H30BrN/c1-2-3-4-5-6-7-10-16(15-21-17-13-14-17)18-11-8-9-12-19(18)20/h8-9,11-12,16-17,21H,2-7,10,13-15H2,1H3. The van der Waals surface area contributed by atoms with Crippen molar-refractivity contribution in [2.75, 3.05) is 6.54 Å². The fraction of sp³-hybridized carbons (Fsp3) is 0.684. The van der Waals surface area contributed by atoms with Crippen molar-refractivity contribution in [2.24, 2.45) is 0 Å². The summed E-state index contributed by atoms with van der Waals surface area (Å²) in [5.74, 6) is 0.660. The molecule has 1 unspecified atom stereocenters. The number of hydrogen-bond acceptors (Lipinski definition) is 1. The highest BCUT2D eigenvalue weighted by Crippen LogP contribution is 2.30. The van der Waals surface area contributed by atoms with E-state index in [1.54, 1.807) is 0 Å². The fourth-order valence-electron chi connectivity index (χ4n) is 2.94. The minimum Gasteiger partial charge on any atom is -0.313 e. The Morgan fingerprint density at radius 2 is 1.81 bits per heavy atom. The van der Waals surface area contributed by atoms with Crippen molar-refractivity contribution in [1.82, 2.24) is 5.32 Å². The molecule has 0 bridgehead atoms. The van der Waals surface area contributed by atoms with Crippen molar-refractivity contribution in [3.05, 3.63) is 34.3 Å². The molecule has 1 saturated carbocycles. The van der Waals surface area contributed by atoms with E-state index in [-0.39, 0.29) is 0 Å². The van der Waals surface area contributed by atoms with Crippen LogP contribution in [0.5, 0.6) is 0 Å². The third kappa shape index (κ3) is 6.52. The van der Waals surface area contributed by atoms with Gasteiger partial charge in [-0.05, 0) is 36.8 Å². The van der Waals surface area contributed by atoms with E-state index in [1.807, 2.05) is 0 Å². The largest absolute Gasteiger partial charge is 0.313 e.